The van der Waals surface area contributed by atoms with Gasteiger partial charge in [0.15, 0.2) is 0 Å². The maximum atomic E-state index is 13.1. The highest BCUT2D eigenvalue weighted by molar-refractivity contribution is 5.94. The molecule has 0 aliphatic heterocycles. The first-order valence-electron chi connectivity index (χ1n) is 13.7. The molecule has 0 heterocycles. The van der Waals surface area contributed by atoms with Gasteiger partial charge in [0.25, 0.3) is 5.91 Å². The van der Waals surface area contributed by atoms with Gasteiger partial charge < -0.3 is 25.2 Å². The molecule has 0 unspecified atom stereocenters. The fraction of sp³-hybridized carbons (Fsp3) is 0.548. The molecule has 4 rings (SSSR count). The fourth-order valence-corrected chi connectivity index (χ4v) is 6.78. The average Bonchev–Trinajstić information content (AvgIpc) is 2.93. The number of hydrogen-bond acceptors (Lipinski definition) is 5. The maximum Gasteiger partial charge on any atom is 0.251 e. The lowest BCUT2D eigenvalue weighted by Gasteiger charge is -2.56. The van der Waals surface area contributed by atoms with Crippen molar-refractivity contribution < 1.29 is 24.2 Å². The molecule has 0 radical (unpaired) electrons. The Hall–Kier alpha value is -3.06. The van der Waals surface area contributed by atoms with Gasteiger partial charge in [-0.15, -0.1) is 0 Å². The van der Waals surface area contributed by atoms with Crippen LogP contribution in [-0.4, -0.2) is 43.3 Å². The van der Waals surface area contributed by atoms with Crippen molar-refractivity contribution in [1.29, 1.82) is 0 Å². The molecule has 2 aromatic rings. The van der Waals surface area contributed by atoms with Gasteiger partial charge in [-0.05, 0) is 90.8 Å². The Morgan fingerprint density at radius 1 is 1.00 bits per heavy atom. The number of carbonyl (C=O) groups is 2. The predicted molar refractivity (Wildman–Crippen MR) is 147 cm³/mol. The number of fused-ring (bicyclic) bond motifs is 1. The van der Waals surface area contributed by atoms with Gasteiger partial charge >= 0.3 is 0 Å². The minimum absolute atomic E-state index is 0.00400. The highest BCUT2D eigenvalue weighted by Crippen LogP contribution is 2.55. The molecule has 2 aromatic carbocycles. The van der Waals surface area contributed by atoms with Gasteiger partial charge in [0.2, 0.25) is 5.91 Å². The summed E-state index contributed by atoms with van der Waals surface area (Å²) in [4.78, 5) is 26.1. The summed E-state index contributed by atoms with van der Waals surface area (Å²) < 4.78 is 10.4. The monoisotopic (exact) mass is 522 g/mol. The molecule has 206 valence electrons. The van der Waals surface area contributed by atoms with E-state index in [9.17, 15) is 14.7 Å². The molecule has 2 saturated carbocycles. The van der Waals surface area contributed by atoms with Crippen LogP contribution in [-0.2, 0) is 11.3 Å². The molecule has 0 bridgehead atoms. The van der Waals surface area contributed by atoms with E-state index in [0.717, 1.165) is 37.0 Å². The first-order chi connectivity index (χ1) is 18.2. The number of carbonyl (C=O) groups excluding carboxylic acids is 2. The molecular weight excluding hydrogens is 480 g/mol. The van der Waals surface area contributed by atoms with E-state index in [2.05, 4.69) is 24.5 Å². The number of ether oxygens (including phenoxy) is 2. The van der Waals surface area contributed by atoms with Gasteiger partial charge in [-0.1, -0.05) is 32.9 Å². The van der Waals surface area contributed by atoms with Crippen molar-refractivity contribution in [3.8, 4) is 11.5 Å². The Morgan fingerprint density at radius 3 is 2.18 bits per heavy atom. The molecule has 2 fully saturated rings. The van der Waals surface area contributed by atoms with Gasteiger partial charge in [0.05, 0.1) is 20.3 Å². The summed E-state index contributed by atoms with van der Waals surface area (Å²) in [5, 5.41) is 17.9. The molecule has 2 aliphatic carbocycles. The number of nitrogens with one attached hydrogen (secondary N) is 2. The van der Waals surface area contributed by atoms with Crippen LogP contribution in [0.5, 0.6) is 11.5 Å². The van der Waals surface area contributed by atoms with E-state index in [-0.39, 0.29) is 46.9 Å². The van der Waals surface area contributed by atoms with Crippen molar-refractivity contribution in [2.24, 2.45) is 29.1 Å². The van der Waals surface area contributed by atoms with E-state index in [4.69, 9.17) is 9.47 Å². The first kappa shape index (κ1) is 28.0. The van der Waals surface area contributed by atoms with E-state index >= 15 is 0 Å². The van der Waals surface area contributed by atoms with Crippen LogP contribution in [0, 0.1) is 29.1 Å². The smallest absolute Gasteiger partial charge is 0.251 e. The lowest BCUT2D eigenvalue weighted by atomic mass is 9.51. The second kappa shape index (κ2) is 11.8. The zero-order valence-corrected chi connectivity index (χ0v) is 23.2. The molecule has 0 saturated heterocycles. The van der Waals surface area contributed by atoms with Crippen LogP contribution < -0.4 is 20.1 Å². The van der Waals surface area contributed by atoms with E-state index in [0.29, 0.717) is 17.9 Å². The number of hydrogen-bond donors (Lipinski definition) is 3. The number of aliphatic hydroxyl groups is 1. The van der Waals surface area contributed by atoms with Gasteiger partial charge in [-0.3, -0.25) is 9.59 Å². The Labute approximate surface area is 226 Å². The Kier molecular flexibility index (Phi) is 8.66. The van der Waals surface area contributed by atoms with E-state index < -0.39 is 6.10 Å². The number of methoxy groups -OCH3 is 2. The molecule has 2 amide bonds. The van der Waals surface area contributed by atoms with Crippen molar-refractivity contribution in [3.05, 3.63) is 59.7 Å². The summed E-state index contributed by atoms with van der Waals surface area (Å²) in [5.74, 6) is 0.999. The minimum Gasteiger partial charge on any atom is -0.497 e. The summed E-state index contributed by atoms with van der Waals surface area (Å²) >= 11 is 0. The lowest BCUT2D eigenvalue weighted by molar-refractivity contribution is -0.142. The normalized spacial score (nSPS) is 29.5. The maximum absolute atomic E-state index is 13.1. The second-order valence-corrected chi connectivity index (χ2v) is 11.4. The Bertz CT molecular complexity index is 1100. The Balaban J connectivity index is 1.40. The summed E-state index contributed by atoms with van der Waals surface area (Å²) in [6.07, 6.45) is 3.01. The van der Waals surface area contributed by atoms with Crippen molar-refractivity contribution in [2.75, 3.05) is 14.2 Å². The van der Waals surface area contributed by atoms with E-state index in [1.54, 1.807) is 38.5 Å². The highest BCUT2D eigenvalue weighted by atomic mass is 16.5. The third-order valence-corrected chi connectivity index (χ3v) is 9.24. The molecule has 7 heteroatoms. The Morgan fingerprint density at radius 2 is 1.58 bits per heavy atom. The summed E-state index contributed by atoms with van der Waals surface area (Å²) in [5.41, 5.74) is 1.59. The summed E-state index contributed by atoms with van der Waals surface area (Å²) in [6.45, 7) is 6.77. The standard InChI is InChI=1S/C31H42N2O5/c1-19(29(35)32-18-21-6-10-23(37-4)11-7-21)25-14-16-31(3)17-15-26(20(2)27(31)28(25)34)33-30(36)22-8-12-24(38-5)13-9-22/h6-13,19-20,25-28,34H,14-18H2,1-5H3,(H,32,35)(H,33,36)/t19-,20+,25-,26-,27+,28-,31-/m0/s1. The number of rotatable bonds is 8. The fourth-order valence-electron chi connectivity index (χ4n) is 6.78. The van der Waals surface area contributed by atoms with Crippen LogP contribution in [0.3, 0.4) is 0 Å². The van der Waals surface area contributed by atoms with Crippen LogP contribution in [0.1, 0.15) is 62.4 Å². The molecular formula is C31H42N2O5. The lowest BCUT2D eigenvalue weighted by Crippen LogP contribution is -2.58. The summed E-state index contributed by atoms with van der Waals surface area (Å²) in [7, 11) is 3.23. The molecule has 7 nitrogen and oxygen atoms in total. The van der Waals surface area contributed by atoms with Gasteiger partial charge in [0, 0.05) is 24.1 Å². The number of benzene rings is 2. The first-order valence-corrected chi connectivity index (χ1v) is 13.7. The van der Waals surface area contributed by atoms with Crippen molar-refractivity contribution in [3.63, 3.8) is 0 Å². The van der Waals surface area contributed by atoms with E-state index in [1.165, 1.54) is 0 Å². The van der Waals surface area contributed by atoms with Gasteiger partial charge in [-0.25, -0.2) is 0 Å². The topological polar surface area (TPSA) is 96.9 Å². The van der Waals surface area contributed by atoms with Crippen molar-refractivity contribution in [1.82, 2.24) is 10.6 Å². The third kappa shape index (κ3) is 5.83. The van der Waals surface area contributed by atoms with Crippen LogP contribution in [0.25, 0.3) is 0 Å². The highest BCUT2D eigenvalue weighted by Gasteiger charge is 2.53. The summed E-state index contributed by atoms with van der Waals surface area (Å²) in [6, 6.07) is 14.7. The molecule has 38 heavy (non-hydrogen) atoms. The van der Waals surface area contributed by atoms with Crippen molar-refractivity contribution in [2.45, 2.75) is 65.1 Å². The zero-order chi connectivity index (χ0) is 27.4. The minimum atomic E-state index is -0.605. The molecule has 3 N–H and O–H groups in total. The van der Waals surface area contributed by atoms with Crippen LogP contribution in [0.4, 0.5) is 0 Å². The molecule has 2 aliphatic rings. The van der Waals surface area contributed by atoms with Gasteiger partial charge in [0.1, 0.15) is 11.5 Å². The number of aliphatic hydroxyl groups excluding tert-OH is 1. The third-order valence-electron chi connectivity index (χ3n) is 9.24. The van der Waals surface area contributed by atoms with E-state index in [1.807, 2.05) is 31.2 Å². The molecule has 0 spiro atoms. The van der Waals surface area contributed by atoms with Crippen molar-refractivity contribution >= 4 is 11.8 Å². The van der Waals surface area contributed by atoms with Gasteiger partial charge in [-0.2, -0.15) is 0 Å². The molecule has 7 atom stereocenters. The quantitative estimate of drug-likeness (QED) is 0.472. The van der Waals surface area contributed by atoms with Crippen LogP contribution in [0.15, 0.2) is 48.5 Å². The van der Waals surface area contributed by atoms with Crippen LogP contribution >= 0.6 is 0 Å². The average molecular weight is 523 g/mol. The molecule has 0 aromatic heterocycles. The predicted octanol–water partition coefficient (Wildman–Crippen LogP) is 4.58. The van der Waals surface area contributed by atoms with Crippen LogP contribution in [0.2, 0.25) is 0 Å². The second-order valence-electron chi connectivity index (χ2n) is 11.4. The SMILES string of the molecule is COc1ccc(CNC(=O)[C@@H](C)[C@@H]2CC[C@@]3(C)CC[C@H](NC(=O)c4ccc(OC)cc4)[C@@H](C)[C@@H]3[C@H]2O)cc1. The zero-order valence-electron chi connectivity index (χ0n) is 23.2. The number of amides is 2. The largest absolute Gasteiger partial charge is 0.497 e.